The molecule has 1 aromatic rings. The number of likely N-dealkylation sites (tertiary alicyclic amines) is 1. The Morgan fingerprint density at radius 1 is 1.41 bits per heavy atom. The number of anilines is 1. The second kappa shape index (κ2) is 7.31. The van der Waals surface area contributed by atoms with Crippen LogP contribution in [0.1, 0.15) is 19.8 Å². The second-order valence-electron chi connectivity index (χ2n) is 5.53. The molecule has 1 aliphatic heterocycles. The Bertz CT molecular complexity index is 580. The summed E-state index contributed by atoms with van der Waals surface area (Å²) in [5.74, 6) is -0.671. The van der Waals surface area contributed by atoms with E-state index in [1.54, 1.807) is 18.2 Å². The van der Waals surface area contributed by atoms with Crippen LogP contribution in [0.25, 0.3) is 0 Å². The van der Waals surface area contributed by atoms with Crippen LogP contribution in [0.15, 0.2) is 18.2 Å². The number of carbonyl (C=O) groups excluding carboxylic acids is 2. The van der Waals surface area contributed by atoms with E-state index < -0.39 is 0 Å². The van der Waals surface area contributed by atoms with Gasteiger partial charge >= 0.3 is 0 Å². The molecule has 0 aliphatic carbocycles. The van der Waals surface area contributed by atoms with E-state index in [0.717, 1.165) is 19.4 Å². The highest BCUT2D eigenvalue weighted by Crippen LogP contribution is 2.26. The molecule has 7 heteroatoms. The fourth-order valence-electron chi connectivity index (χ4n) is 2.58. The minimum atomic E-state index is -0.367. The van der Waals surface area contributed by atoms with Gasteiger partial charge in [-0.3, -0.25) is 14.5 Å². The molecule has 0 aromatic heterocycles. The van der Waals surface area contributed by atoms with E-state index in [2.05, 4.69) is 5.32 Å². The number of benzene rings is 1. The van der Waals surface area contributed by atoms with E-state index in [4.69, 9.17) is 28.9 Å². The highest BCUT2D eigenvalue weighted by molar-refractivity contribution is 6.36. The molecule has 2 rings (SSSR count). The largest absolute Gasteiger partial charge is 0.369 e. The lowest BCUT2D eigenvalue weighted by Gasteiger charge is -2.34. The quantitative estimate of drug-likeness (QED) is 0.881. The van der Waals surface area contributed by atoms with Gasteiger partial charge in [0.15, 0.2) is 0 Å². The summed E-state index contributed by atoms with van der Waals surface area (Å²) in [6, 6.07) is 4.54. The topological polar surface area (TPSA) is 75.4 Å². The number of rotatable bonds is 4. The Labute approximate surface area is 139 Å². The van der Waals surface area contributed by atoms with Gasteiger partial charge in [-0.1, -0.05) is 23.2 Å². The minimum absolute atomic E-state index is 0.172. The lowest BCUT2D eigenvalue weighted by atomic mass is 9.96. The molecule has 2 amide bonds. The Kier molecular flexibility index (Phi) is 5.67. The summed E-state index contributed by atoms with van der Waals surface area (Å²) < 4.78 is 0. The molecule has 1 saturated heterocycles. The van der Waals surface area contributed by atoms with E-state index in [0.29, 0.717) is 22.3 Å². The van der Waals surface area contributed by atoms with Crippen LogP contribution in [0.5, 0.6) is 0 Å². The number of hydrogen-bond acceptors (Lipinski definition) is 3. The molecule has 0 saturated carbocycles. The standard InChI is InChI=1S/C15H19Cl2N3O2/c1-9(20-6-2-3-10(8-20)14(18)21)15(22)19-13-5-4-11(16)7-12(13)17/h4-5,7,9-10H,2-3,6,8H2,1H3,(H2,18,21)(H,19,22)/t9-,10-/m1/s1. The molecule has 0 radical (unpaired) electrons. The van der Waals surface area contributed by atoms with E-state index >= 15 is 0 Å². The number of piperidine rings is 1. The van der Waals surface area contributed by atoms with Gasteiger partial charge in [-0.25, -0.2) is 0 Å². The van der Waals surface area contributed by atoms with Gasteiger partial charge in [-0.05, 0) is 44.5 Å². The van der Waals surface area contributed by atoms with Crippen LogP contribution >= 0.6 is 23.2 Å². The van der Waals surface area contributed by atoms with Crippen LogP contribution in [0.4, 0.5) is 5.69 Å². The second-order valence-corrected chi connectivity index (χ2v) is 6.37. The lowest BCUT2D eigenvalue weighted by molar-refractivity contribution is -0.127. The smallest absolute Gasteiger partial charge is 0.241 e. The van der Waals surface area contributed by atoms with E-state index in [1.807, 2.05) is 11.8 Å². The van der Waals surface area contributed by atoms with Crippen molar-refractivity contribution in [1.82, 2.24) is 4.90 Å². The van der Waals surface area contributed by atoms with Crippen molar-refractivity contribution in [3.05, 3.63) is 28.2 Å². The maximum absolute atomic E-state index is 12.4. The predicted octanol–water partition coefficient (Wildman–Crippen LogP) is 2.52. The molecular formula is C15H19Cl2N3O2. The first-order chi connectivity index (χ1) is 10.4. The van der Waals surface area contributed by atoms with Gasteiger partial charge in [0.1, 0.15) is 0 Å². The van der Waals surface area contributed by atoms with Crippen molar-refractivity contribution in [2.75, 3.05) is 18.4 Å². The van der Waals surface area contributed by atoms with Gasteiger partial charge in [-0.15, -0.1) is 0 Å². The molecule has 120 valence electrons. The SMILES string of the molecule is C[C@H](C(=O)Nc1ccc(Cl)cc1Cl)N1CCC[C@@H](C(N)=O)C1. The molecule has 1 fully saturated rings. The van der Waals surface area contributed by atoms with Crippen molar-refractivity contribution in [1.29, 1.82) is 0 Å². The van der Waals surface area contributed by atoms with Crippen LogP contribution in [0.2, 0.25) is 10.0 Å². The highest BCUT2D eigenvalue weighted by Gasteiger charge is 2.29. The number of carbonyl (C=O) groups is 2. The zero-order chi connectivity index (χ0) is 16.3. The summed E-state index contributed by atoms with van der Waals surface area (Å²) in [6.45, 7) is 3.09. The first kappa shape index (κ1) is 17.1. The molecule has 3 N–H and O–H groups in total. The Hall–Kier alpha value is -1.30. The third-order valence-corrected chi connectivity index (χ3v) is 4.52. The van der Waals surface area contributed by atoms with Crippen molar-refractivity contribution in [2.45, 2.75) is 25.8 Å². The summed E-state index contributed by atoms with van der Waals surface area (Å²) in [4.78, 5) is 25.7. The fourth-order valence-corrected chi connectivity index (χ4v) is 3.04. The molecule has 1 heterocycles. The first-order valence-corrected chi connectivity index (χ1v) is 7.93. The highest BCUT2D eigenvalue weighted by atomic mass is 35.5. The molecule has 0 bridgehead atoms. The van der Waals surface area contributed by atoms with Crippen molar-refractivity contribution in [2.24, 2.45) is 11.7 Å². The van der Waals surface area contributed by atoms with Gasteiger partial charge in [0.05, 0.1) is 22.7 Å². The van der Waals surface area contributed by atoms with Crippen LogP contribution < -0.4 is 11.1 Å². The maximum atomic E-state index is 12.4. The third kappa shape index (κ3) is 4.12. The number of halogens is 2. The summed E-state index contributed by atoms with van der Waals surface area (Å²) in [5.41, 5.74) is 5.89. The third-order valence-electron chi connectivity index (χ3n) is 3.97. The monoisotopic (exact) mass is 343 g/mol. The Balaban J connectivity index is 2.01. The molecule has 0 spiro atoms. The van der Waals surface area contributed by atoms with Gasteiger partial charge in [0.2, 0.25) is 11.8 Å². The van der Waals surface area contributed by atoms with Crippen molar-refractivity contribution >= 4 is 40.7 Å². The number of hydrogen-bond donors (Lipinski definition) is 2. The minimum Gasteiger partial charge on any atom is -0.369 e. The molecule has 1 aromatic carbocycles. The zero-order valence-corrected chi connectivity index (χ0v) is 13.8. The molecule has 5 nitrogen and oxygen atoms in total. The van der Waals surface area contributed by atoms with Gasteiger partial charge in [0.25, 0.3) is 0 Å². The first-order valence-electron chi connectivity index (χ1n) is 7.17. The normalized spacial score (nSPS) is 20.4. The average Bonchev–Trinajstić information content (AvgIpc) is 2.49. The lowest BCUT2D eigenvalue weighted by Crippen LogP contribution is -2.49. The molecule has 1 aliphatic rings. The summed E-state index contributed by atoms with van der Waals surface area (Å²) in [6.07, 6.45) is 1.64. The molecule has 2 atom stereocenters. The van der Waals surface area contributed by atoms with E-state index in [1.165, 1.54) is 0 Å². The van der Waals surface area contributed by atoms with Crippen molar-refractivity contribution < 1.29 is 9.59 Å². The molecule has 22 heavy (non-hydrogen) atoms. The van der Waals surface area contributed by atoms with Crippen LogP contribution in [-0.2, 0) is 9.59 Å². The van der Waals surface area contributed by atoms with Crippen molar-refractivity contribution in [3.63, 3.8) is 0 Å². The maximum Gasteiger partial charge on any atom is 0.241 e. The average molecular weight is 344 g/mol. The Morgan fingerprint density at radius 2 is 2.14 bits per heavy atom. The number of nitrogens with two attached hydrogens (primary N) is 1. The fraction of sp³-hybridized carbons (Fsp3) is 0.467. The van der Waals surface area contributed by atoms with Crippen molar-refractivity contribution in [3.8, 4) is 0 Å². The van der Waals surface area contributed by atoms with E-state index in [9.17, 15) is 9.59 Å². The predicted molar refractivity (Wildman–Crippen MR) is 88.0 cm³/mol. The van der Waals surface area contributed by atoms with Gasteiger partial charge < -0.3 is 11.1 Å². The number of amides is 2. The zero-order valence-electron chi connectivity index (χ0n) is 12.3. The molecule has 0 unspecified atom stereocenters. The van der Waals surface area contributed by atoms with Crippen LogP contribution in [-0.4, -0.2) is 35.8 Å². The van der Waals surface area contributed by atoms with Gasteiger partial charge in [0, 0.05) is 11.6 Å². The summed E-state index contributed by atoms with van der Waals surface area (Å²) >= 11 is 11.9. The number of nitrogens with zero attached hydrogens (tertiary/aromatic N) is 1. The number of primary amides is 1. The number of nitrogens with one attached hydrogen (secondary N) is 1. The summed E-state index contributed by atoms with van der Waals surface area (Å²) in [7, 11) is 0. The van der Waals surface area contributed by atoms with E-state index in [-0.39, 0.29) is 23.8 Å². The van der Waals surface area contributed by atoms with Gasteiger partial charge in [-0.2, -0.15) is 0 Å². The summed E-state index contributed by atoms with van der Waals surface area (Å²) in [5, 5.41) is 3.69. The van der Waals surface area contributed by atoms with Crippen LogP contribution in [0.3, 0.4) is 0 Å². The van der Waals surface area contributed by atoms with Crippen LogP contribution in [0, 0.1) is 5.92 Å². The molecular weight excluding hydrogens is 325 g/mol. The Morgan fingerprint density at radius 3 is 2.77 bits per heavy atom.